The summed E-state index contributed by atoms with van der Waals surface area (Å²) in [5.74, 6) is 0. The maximum absolute atomic E-state index is 12.0. The molecule has 9 heteroatoms. The number of rotatable bonds is 6. The van der Waals surface area contributed by atoms with Crippen LogP contribution in [0.5, 0.6) is 0 Å². The summed E-state index contributed by atoms with van der Waals surface area (Å²) in [6.45, 7) is 3.92. The van der Waals surface area contributed by atoms with Gasteiger partial charge in [-0.05, 0) is 44.0 Å². The molecule has 1 aromatic carbocycles. The third kappa shape index (κ3) is 5.67. The minimum Gasteiger partial charge on any atom is -0.395 e. The van der Waals surface area contributed by atoms with Crippen molar-refractivity contribution in [1.29, 1.82) is 0 Å². The largest absolute Gasteiger partial charge is 0.395 e. The van der Waals surface area contributed by atoms with E-state index in [1.54, 1.807) is 13.0 Å². The molecule has 1 atom stereocenters. The first kappa shape index (κ1) is 19.6. The van der Waals surface area contributed by atoms with E-state index in [0.29, 0.717) is 18.8 Å². The van der Waals surface area contributed by atoms with Crippen molar-refractivity contribution in [1.82, 2.24) is 10.2 Å². The van der Waals surface area contributed by atoms with Gasteiger partial charge >= 0.3 is 6.03 Å². The number of sulfonamides is 1. The number of nitrogens with zero attached hydrogens (tertiary/aromatic N) is 1. The van der Waals surface area contributed by atoms with Gasteiger partial charge in [0.15, 0.2) is 0 Å². The number of benzene rings is 1. The molecule has 0 spiro atoms. The Kier molecular flexibility index (Phi) is 6.77. The molecule has 0 saturated carbocycles. The van der Waals surface area contributed by atoms with Gasteiger partial charge in [-0.2, -0.15) is 0 Å². The molecule has 1 aliphatic rings. The van der Waals surface area contributed by atoms with E-state index < -0.39 is 16.1 Å². The molecule has 1 aliphatic heterocycles. The third-order valence-corrected chi connectivity index (χ3v) is 5.34. The highest BCUT2D eigenvalue weighted by atomic mass is 32.2. The van der Waals surface area contributed by atoms with Crippen molar-refractivity contribution in [3.8, 4) is 0 Å². The molecule has 0 bridgehead atoms. The molecule has 25 heavy (non-hydrogen) atoms. The van der Waals surface area contributed by atoms with Crippen LogP contribution in [0.25, 0.3) is 0 Å². The molecule has 1 saturated heterocycles. The first-order valence-corrected chi connectivity index (χ1v) is 9.89. The van der Waals surface area contributed by atoms with Crippen LogP contribution >= 0.6 is 0 Å². The van der Waals surface area contributed by atoms with Crippen molar-refractivity contribution < 1.29 is 18.3 Å². The molecule has 140 valence electrons. The predicted octanol–water partition coefficient (Wildman–Crippen LogP) is 0.611. The number of amides is 2. The fourth-order valence-electron chi connectivity index (χ4n) is 2.95. The molecule has 2 rings (SSSR count). The van der Waals surface area contributed by atoms with Gasteiger partial charge in [0.2, 0.25) is 10.0 Å². The topological polar surface area (TPSA) is 125 Å². The van der Waals surface area contributed by atoms with Crippen molar-refractivity contribution in [2.24, 2.45) is 5.14 Å². The average molecular weight is 370 g/mol. The second-order valence-electron chi connectivity index (χ2n) is 6.27. The monoisotopic (exact) mass is 370 g/mol. The highest BCUT2D eigenvalue weighted by Gasteiger charge is 2.21. The highest BCUT2D eigenvalue weighted by molar-refractivity contribution is 7.89. The predicted molar refractivity (Wildman–Crippen MR) is 95.9 cm³/mol. The Morgan fingerprint density at radius 2 is 2.16 bits per heavy atom. The third-order valence-electron chi connectivity index (χ3n) is 4.43. The number of aryl methyl sites for hydroxylation is 1. The zero-order valence-electron chi connectivity index (χ0n) is 14.4. The number of aliphatic hydroxyl groups is 1. The molecule has 1 heterocycles. The van der Waals surface area contributed by atoms with E-state index in [4.69, 9.17) is 5.14 Å². The number of nitrogens with two attached hydrogens (primary N) is 1. The van der Waals surface area contributed by atoms with E-state index in [1.807, 2.05) is 0 Å². The number of nitrogens with one attached hydrogen (secondary N) is 2. The maximum atomic E-state index is 12.0. The lowest BCUT2D eigenvalue weighted by molar-refractivity contribution is 0.0917. The highest BCUT2D eigenvalue weighted by Crippen LogP contribution is 2.19. The Hall–Kier alpha value is -1.68. The first-order valence-electron chi connectivity index (χ1n) is 8.34. The standard InChI is InChI=1S/C16H26N4O4S/c1-12-5-6-14(25(17,23)24)10-15(12)19-16(22)18-7-9-20-8-3-2-4-13(20)11-21/h5-6,10,13,21H,2-4,7-9,11H2,1H3,(H2,17,23,24)(H2,18,19,22)/t13-/m1/s1. The zero-order valence-corrected chi connectivity index (χ0v) is 15.2. The number of piperidine rings is 1. The van der Waals surface area contributed by atoms with Crippen LogP contribution in [-0.4, -0.2) is 56.7 Å². The van der Waals surface area contributed by atoms with Crippen LogP contribution in [0.2, 0.25) is 0 Å². The number of aliphatic hydroxyl groups excluding tert-OH is 1. The Labute approximate surface area is 148 Å². The normalized spacial score (nSPS) is 18.8. The van der Waals surface area contributed by atoms with Crippen LogP contribution in [0.15, 0.2) is 23.1 Å². The molecule has 5 N–H and O–H groups in total. The molecule has 0 aromatic heterocycles. The summed E-state index contributed by atoms with van der Waals surface area (Å²) < 4.78 is 22.8. The zero-order chi connectivity index (χ0) is 18.4. The Morgan fingerprint density at radius 3 is 2.84 bits per heavy atom. The van der Waals surface area contributed by atoms with E-state index in [-0.39, 0.29) is 17.5 Å². The molecule has 8 nitrogen and oxygen atoms in total. The Morgan fingerprint density at radius 1 is 1.40 bits per heavy atom. The number of carbonyl (C=O) groups excluding carboxylic acids is 1. The van der Waals surface area contributed by atoms with Crippen LogP contribution in [-0.2, 0) is 10.0 Å². The minimum absolute atomic E-state index is 0.0486. The summed E-state index contributed by atoms with van der Waals surface area (Å²) >= 11 is 0. The fourth-order valence-corrected chi connectivity index (χ4v) is 3.49. The number of likely N-dealkylation sites (tertiary alicyclic amines) is 1. The molecule has 0 unspecified atom stereocenters. The van der Waals surface area contributed by atoms with Crippen LogP contribution in [0, 0.1) is 6.92 Å². The number of anilines is 1. The minimum atomic E-state index is -3.82. The van der Waals surface area contributed by atoms with Crippen molar-refractivity contribution in [3.63, 3.8) is 0 Å². The smallest absolute Gasteiger partial charge is 0.319 e. The van der Waals surface area contributed by atoms with Crippen LogP contribution in [0.1, 0.15) is 24.8 Å². The summed E-state index contributed by atoms with van der Waals surface area (Å²) in [4.78, 5) is 14.2. The number of primary sulfonamides is 1. The van der Waals surface area contributed by atoms with E-state index in [2.05, 4.69) is 15.5 Å². The van der Waals surface area contributed by atoms with Gasteiger partial charge in [0.25, 0.3) is 0 Å². The van der Waals surface area contributed by atoms with E-state index in [9.17, 15) is 18.3 Å². The fraction of sp³-hybridized carbons (Fsp3) is 0.562. The molecule has 1 aromatic rings. The lowest BCUT2D eigenvalue weighted by atomic mass is 10.0. The number of hydrogen-bond donors (Lipinski definition) is 4. The summed E-state index contributed by atoms with van der Waals surface area (Å²) in [6, 6.07) is 4.09. The van der Waals surface area contributed by atoms with E-state index in [0.717, 1.165) is 31.4 Å². The summed E-state index contributed by atoms with van der Waals surface area (Å²) in [7, 11) is -3.82. The van der Waals surface area contributed by atoms with Gasteiger partial charge in [-0.1, -0.05) is 12.5 Å². The Bertz CT molecular complexity index is 708. The van der Waals surface area contributed by atoms with Crippen LogP contribution < -0.4 is 15.8 Å². The van der Waals surface area contributed by atoms with Gasteiger partial charge in [0, 0.05) is 24.8 Å². The second kappa shape index (κ2) is 8.61. The average Bonchev–Trinajstić information content (AvgIpc) is 2.56. The van der Waals surface area contributed by atoms with Gasteiger partial charge in [0.05, 0.1) is 11.5 Å². The SMILES string of the molecule is Cc1ccc(S(N)(=O)=O)cc1NC(=O)NCCN1CCCC[C@@H]1CO. The van der Waals surface area contributed by atoms with Gasteiger partial charge in [-0.3, -0.25) is 4.90 Å². The molecular formula is C16H26N4O4S. The summed E-state index contributed by atoms with van der Waals surface area (Å²) in [5, 5.41) is 19.9. The molecule has 1 fully saturated rings. The Balaban J connectivity index is 1.88. The summed E-state index contributed by atoms with van der Waals surface area (Å²) in [5.41, 5.74) is 1.13. The van der Waals surface area contributed by atoms with Crippen molar-refractivity contribution in [2.75, 3.05) is 31.6 Å². The lowest BCUT2D eigenvalue weighted by Crippen LogP contribution is -2.46. The van der Waals surface area contributed by atoms with Gasteiger partial charge < -0.3 is 15.7 Å². The van der Waals surface area contributed by atoms with Gasteiger partial charge in [0.1, 0.15) is 0 Å². The summed E-state index contributed by atoms with van der Waals surface area (Å²) in [6.07, 6.45) is 3.19. The van der Waals surface area contributed by atoms with Crippen molar-refractivity contribution >= 4 is 21.7 Å². The number of urea groups is 1. The lowest BCUT2D eigenvalue weighted by Gasteiger charge is -2.34. The van der Waals surface area contributed by atoms with Crippen molar-refractivity contribution in [3.05, 3.63) is 23.8 Å². The number of hydrogen-bond acceptors (Lipinski definition) is 5. The van der Waals surface area contributed by atoms with Crippen LogP contribution in [0.4, 0.5) is 10.5 Å². The quantitative estimate of drug-likeness (QED) is 0.584. The maximum Gasteiger partial charge on any atom is 0.319 e. The number of carbonyl (C=O) groups is 1. The van der Waals surface area contributed by atoms with Crippen LogP contribution in [0.3, 0.4) is 0 Å². The van der Waals surface area contributed by atoms with Gasteiger partial charge in [-0.25, -0.2) is 18.4 Å². The second-order valence-corrected chi connectivity index (χ2v) is 7.83. The van der Waals surface area contributed by atoms with Gasteiger partial charge in [-0.15, -0.1) is 0 Å². The molecule has 0 radical (unpaired) electrons. The molecule has 0 aliphatic carbocycles. The van der Waals surface area contributed by atoms with E-state index >= 15 is 0 Å². The van der Waals surface area contributed by atoms with Crippen molar-refractivity contribution in [2.45, 2.75) is 37.1 Å². The molecule has 2 amide bonds. The van der Waals surface area contributed by atoms with E-state index in [1.165, 1.54) is 12.1 Å². The first-order chi connectivity index (χ1) is 11.8. The molecular weight excluding hydrogens is 344 g/mol.